The monoisotopic (exact) mass is 446 g/mol. The van der Waals surface area contributed by atoms with Crippen molar-refractivity contribution in [3.8, 4) is 16.8 Å². The maximum atomic E-state index is 12.9. The van der Waals surface area contributed by atoms with Crippen LogP contribution < -0.4 is 5.56 Å². The van der Waals surface area contributed by atoms with Gasteiger partial charge in [0.1, 0.15) is 10.7 Å². The van der Waals surface area contributed by atoms with Crippen LogP contribution in [0.3, 0.4) is 0 Å². The van der Waals surface area contributed by atoms with Gasteiger partial charge in [-0.3, -0.25) is 4.79 Å². The summed E-state index contributed by atoms with van der Waals surface area (Å²) in [5.41, 5.74) is 3.83. The molecule has 0 aliphatic heterocycles. The first kappa shape index (κ1) is 19.7. The standard InChI is InChI=1S/C22H18N6OS2/c1-13-8-10-16(11-9-13)28-22(25-26-27-28)31-14(2)19-23-20(29)18-17(12-30-21(18)24-19)15-6-4-3-5-7-15/h3-12,14H,1-2H3,(H,23,24,29). The average Bonchev–Trinajstić information content (AvgIpc) is 3.42. The highest BCUT2D eigenvalue weighted by Gasteiger charge is 2.19. The fourth-order valence-electron chi connectivity index (χ4n) is 3.30. The Morgan fingerprint density at radius 3 is 2.65 bits per heavy atom. The van der Waals surface area contributed by atoms with Crippen LogP contribution in [0.15, 0.2) is 69.9 Å². The van der Waals surface area contributed by atoms with E-state index in [-0.39, 0.29) is 10.8 Å². The second kappa shape index (κ2) is 8.09. The number of tetrazole rings is 1. The number of aryl methyl sites for hydroxylation is 1. The number of nitrogens with zero attached hydrogens (tertiary/aromatic N) is 5. The molecule has 7 nitrogen and oxygen atoms in total. The van der Waals surface area contributed by atoms with Crippen LogP contribution in [0.25, 0.3) is 27.0 Å². The summed E-state index contributed by atoms with van der Waals surface area (Å²) in [7, 11) is 0. The number of aromatic amines is 1. The van der Waals surface area contributed by atoms with Gasteiger partial charge in [-0.2, -0.15) is 4.68 Å². The molecule has 0 saturated heterocycles. The third-order valence-corrected chi connectivity index (χ3v) is 6.85. The van der Waals surface area contributed by atoms with E-state index in [1.54, 1.807) is 4.68 Å². The Hall–Kier alpha value is -3.30. The number of hydrogen-bond acceptors (Lipinski definition) is 7. The molecule has 1 unspecified atom stereocenters. The van der Waals surface area contributed by atoms with Crippen molar-refractivity contribution >= 4 is 33.3 Å². The molecule has 5 aromatic rings. The molecule has 3 heterocycles. The Bertz CT molecular complexity index is 1410. The summed E-state index contributed by atoms with van der Waals surface area (Å²) < 4.78 is 1.69. The summed E-state index contributed by atoms with van der Waals surface area (Å²) in [6.07, 6.45) is 0. The number of H-pyrrole nitrogens is 1. The molecule has 0 aliphatic rings. The van der Waals surface area contributed by atoms with Crippen molar-refractivity contribution in [3.05, 3.63) is 81.7 Å². The van der Waals surface area contributed by atoms with Crippen LogP contribution in [0.5, 0.6) is 0 Å². The fourth-order valence-corrected chi connectivity index (χ4v) is 5.12. The maximum Gasteiger partial charge on any atom is 0.260 e. The van der Waals surface area contributed by atoms with Gasteiger partial charge in [-0.1, -0.05) is 59.8 Å². The second-order valence-electron chi connectivity index (χ2n) is 7.12. The molecule has 0 aliphatic carbocycles. The molecular formula is C22H18N6OS2. The zero-order valence-electron chi connectivity index (χ0n) is 16.8. The number of benzene rings is 2. The van der Waals surface area contributed by atoms with Crippen molar-refractivity contribution in [2.45, 2.75) is 24.3 Å². The lowest BCUT2D eigenvalue weighted by Crippen LogP contribution is -2.12. The zero-order valence-corrected chi connectivity index (χ0v) is 18.4. The van der Waals surface area contributed by atoms with Gasteiger partial charge in [0.25, 0.3) is 5.56 Å². The van der Waals surface area contributed by atoms with Crippen LogP contribution in [-0.4, -0.2) is 30.2 Å². The largest absolute Gasteiger partial charge is 0.309 e. The molecule has 0 fully saturated rings. The lowest BCUT2D eigenvalue weighted by molar-refractivity contribution is 0.753. The van der Waals surface area contributed by atoms with Gasteiger partial charge >= 0.3 is 0 Å². The van der Waals surface area contributed by atoms with Crippen molar-refractivity contribution in [1.29, 1.82) is 0 Å². The number of fused-ring (bicyclic) bond motifs is 1. The maximum absolute atomic E-state index is 12.9. The SMILES string of the molecule is Cc1ccc(-n2nnnc2SC(C)c2nc3scc(-c4ccccc4)c3c(=O)[nH]2)cc1. The number of thioether (sulfide) groups is 1. The first-order valence-corrected chi connectivity index (χ1v) is 11.4. The van der Waals surface area contributed by atoms with Crippen molar-refractivity contribution in [2.75, 3.05) is 0 Å². The van der Waals surface area contributed by atoms with Crippen LogP contribution >= 0.6 is 23.1 Å². The molecule has 0 amide bonds. The highest BCUT2D eigenvalue weighted by Crippen LogP contribution is 2.35. The van der Waals surface area contributed by atoms with Crippen LogP contribution in [-0.2, 0) is 0 Å². The first-order chi connectivity index (χ1) is 15.1. The topological polar surface area (TPSA) is 89.3 Å². The van der Waals surface area contributed by atoms with Crippen LogP contribution in [0.1, 0.15) is 23.6 Å². The molecule has 154 valence electrons. The number of thiophene rings is 1. The normalized spacial score (nSPS) is 12.3. The number of hydrogen-bond donors (Lipinski definition) is 1. The van der Waals surface area contributed by atoms with Crippen molar-refractivity contribution in [3.63, 3.8) is 0 Å². The Morgan fingerprint density at radius 2 is 1.87 bits per heavy atom. The summed E-state index contributed by atoms with van der Waals surface area (Å²) >= 11 is 2.93. The predicted octanol–water partition coefficient (Wildman–Crippen LogP) is 4.79. The minimum Gasteiger partial charge on any atom is -0.309 e. The minimum absolute atomic E-state index is 0.134. The fraction of sp³-hybridized carbons (Fsp3) is 0.136. The second-order valence-corrected chi connectivity index (χ2v) is 9.28. The number of aromatic nitrogens is 6. The van der Waals surface area contributed by atoms with E-state index in [1.165, 1.54) is 28.7 Å². The van der Waals surface area contributed by atoms with Gasteiger partial charge in [0, 0.05) is 10.9 Å². The molecule has 9 heteroatoms. The highest BCUT2D eigenvalue weighted by molar-refractivity contribution is 7.99. The molecule has 0 saturated carbocycles. The molecule has 0 bridgehead atoms. The van der Waals surface area contributed by atoms with Crippen LogP contribution in [0.4, 0.5) is 0 Å². The zero-order chi connectivity index (χ0) is 21.4. The third kappa shape index (κ3) is 3.77. The van der Waals surface area contributed by atoms with Crippen LogP contribution in [0, 0.1) is 6.92 Å². The number of nitrogens with one attached hydrogen (secondary N) is 1. The van der Waals surface area contributed by atoms with E-state index in [9.17, 15) is 4.79 Å². The third-order valence-electron chi connectivity index (χ3n) is 4.93. The van der Waals surface area contributed by atoms with Crippen LogP contribution in [0.2, 0.25) is 0 Å². The Kier molecular flexibility index (Phi) is 5.13. The van der Waals surface area contributed by atoms with Crippen molar-refractivity contribution in [2.24, 2.45) is 0 Å². The molecule has 31 heavy (non-hydrogen) atoms. The molecule has 1 N–H and O–H groups in total. The van der Waals surface area contributed by atoms with E-state index in [0.29, 0.717) is 16.4 Å². The molecular weight excluding hydrogens is 428 g/mol. The lowest BCUT2D eigenvalue weighted by Gasteiger charge is -2.10. The quantitative estimate of drug-likeness (QED) is 0.391. The molecule has 0 spiro atoms. The van der Waals surface area contributed by atoms with Gasteiger partial charge in [-0.05, 0) is 42.0 Å². The smallest absolute Gasteiger partial charge is 0.260 e. The molecule has 0 radical (unpaired) electrons. The average molecular weight is 447 g/mol. The molecule has 1 atom stereocenters. The lowest BCUT2D eigenvalue weighted by atomic mass is 10.1. The predicted molar refractivity (Wildman–Crippen MR) is 124 cm³/mol. The van der Waals surface area contributed by atoms with Gasteiger partial charge in [0.2, 0.25) is 5.16 Å². The number of rotatable bonds is 5. The van der Waals surface area contributed by atoms with E-state index >= 15 is 0 Å². The summed E-state index contributed by atoms with van der Waals surface area (Å²) in [6.45, 7) is 4.02. The van der Waals surface area contributed by atoms with Gasteiger partial charge in [-0.15, -0.1) is 16.4 Å². The van der Waals surface area contributed by atoms with E-state index in [1.807, 2.05) is 73.8 Å². The van der Waals surface area contributed by atoms with E-state index in [2.05, 4.69) is 20.5 Å². The highest BCUT2D eigenvalue weighted by atomic mass is 32.2. The van der Waals surface area contributed by atoms with E-state index in [0.717, 1.165) is 21.6 Å². The van der Waals surface area contributed by atoms with E-state index < -0.39 is 0 Å². The molecule has 5 rings (SSSR count). The van der Waals surface area contributed by atoms with Crippen molar-refractivity contribution < 1.29 is 0 Å². The van der Waals surface area contributed by atoms with Gasteiger partial charge in [0.15, 0.2) is 0 Å². The Balaban J connectivity index is 1.47. The summed E-state index contributed by atoms with van der Waals surface area (Å²) in [4.78, 5) is 21.4. The molecule has 2 aromatic carbocycles. The Morgan fingerprint density at radius 1 is 1.10 bits per heavy atom. The summed E-state index contributed by atoms with van der Waals surface area (Å²) in [5, 5.41) is 15.2. The summed E-state index contributed by atoms with van der Waals surface area (Å²) in [5.74, 6) is 0.599. The van der Waals surface area contributed by atoms with E-state index in [4.69, 9.17) is 4.98 Å². The minimum atomic E-state index is -0.144. The van der Waals surface area contributed by atoms with Gasteiger partial charge in [0.05, 0.1) is 16.3 Å². The Labute approximate surface area is 186 Å². The van der Waals surface area contributed by atoms with Gasteiger partial charge < -0.3 is 4.98 Å². The first-order valence-electron chi connectivity index (χ1n) is 9.69. The van der Waals surface area contributed by atoms with Crippen molar-refractivity contribution in [1.82, 2.24) is 30.2 Å². The molecule has 3 aromatic heterocycles. The summed E-state index contributed by atoms with van der Waals surface area (Å²) in [6, 6.07) is 17.9. The van der Waals surface area contributed by atoms with Gasteiger partial charge in [-0.25, -0.2) is 4.98 Å².